The van der Waals surface area contributed by atoms with Crippen molar-refractivity contribution in [3.05, 3.63) is 83.4 Å². The van der Waals surface area contributed by atoms with Gasteiger partial charge in [0.15, 0.2) is 0 Å². The number of hydrogen-bond donors (Lipinski definition) is 2. The van der Waals surface area contributed by atoms with E-state index in [-0.39, 0.29) is 12.1 Å². The molecule has 166 valence electrons. The molecule has 0 saturated carbocycles. The van der Waals surface area contributed by atoms with Crippen LogP contribution in [0, 0.1) is 6.92 Å². The molecule has 2 N–H and O–H groups in total. The zero-order valence-corrected chi connectivity index (χ0v) is 19.4. The number of β-amino-alcohol motifs (C(OH)–C–C–N with tert-alkyl or cyclic N) is 1. The zero-order valence-electron chi connectivity index (χ0n) is 19.4. The molecule has 0 amide bonds. The van der Waals surface area contributed by atoms with Gasteiger partial charge in [-0.05, 0) is 75.0 Å². The van der Waals surface area contributed by atoms with Crippen molar-refractivity contribution < 1.29 is 5.11 Å². The minimum atomic E-state index is 0.00515. The van der Waals surface area contributed by atoms with E-state index in [0.29, 0.717) is 6.54 Å². The molecule has 3 aromatic rings. The second-order valence-corrected chi connectivity index (χ2v) is 9.36. The highest BCUT2D eigenvalue weighted by Gasteiger charge is 2.17. The Hall–Kier alpha value is -2.20. The molecule has 0 aromatic heterocycles. The van der Waals surface area contributed by atoms with Crippen LogP contribution in [-0.2, 0) is 13.0 Å². The molecule has 3 heteroatoms. The van der Waals surface area contributed by atoms with Crippen molar-refractivity contribution in [2.75, 3.05) is 26.2 Å². The van der Waals surface area contributed by atoms with Gasteiger partial charge in [0.05, 0.1) is 6.61 Å². The predicted octanol–water partition coefficient (Wildman–Crippen LogP) is 5.33. The molecule has 0 aliphatic carbocycles. The van der Waals surface area contributed by atoms with Crippen LogP contribution in [0.1, 0.15) is 43.4 Å². The average molecular weight is 419 g/mol. The summed E-state index contributed by atoms with van der Waals surface area (Å²) in [6.45, 7) is 11.0. The van der Waals surface area contributed by atoms with E-state index in [1.807, 2.05) is 0 Å². The Bertz CT molecular complexity index is 927. The van der Waals surface area contributed by atoms with Gasteiger partial charge in [-0.15, -0.1) is 0 Å². The van der Waals surface area contributed by atoms with Crippen molar-refractivity contribution in [1.29, 1.82) is 0 Å². The Morgan fingerprint density at radius 3 is 2.19 bits per heavy atom. The smallest absolute Gasteiger partial charge is 0.0556 e. The Morgan fingerprint density at radius 2 is 1.52 bits per heavy atom. The Labute approximate surface area is 188 Å². The molecule has 4 rings (SSSR count). The quantitative estimate of drug-likeness (QED) is 0.544. The first-order valence-electron chi connectivity index (χ1n) is 11.6. The third-order valence-corrected chi connectivity index (χ3v) is 5.90. The lowest BCUT2D eigenvalue weighted by Crippen LogP contribution is -2.42. The Balaban J connectivity index is 0.000000185. The van der Waals surface area contributed by atoms with Crippen LogP contribution in [0.5, 0.6) is 0 Å². The highest BCUT2D eigenvalue weighted by molar-refractivity contribution is 5.83. The average Bonchev–Trinajstić information content (AvgIpc) is 3.27. The lowest BCUT2D eigenvalue weighted by atomic mass is 9.93. The fourth-order valence-corrected chi connectivity index (χ4v) is 4.21. The van der Waals surface area contributed by atoms with Crippen LogP contribution in [0.15, 0.2) is 66.7 Å². The second-order valence-electron chi connectivity index (χ2n) is 9.36. The SMILES string of the molecule is CC(C)(Cc1ccc2ccccc2c1)NCCO.Cc1ccc(CN2CCCC2)cc1. The molecule has 0 atom stereocenters. The molecule has 3 aromatic carbocycles. The highest BCUT2D eigenvalue weighted by Crippen LogP contribution is 2.19. The number of likely N-dealkylation sites (tertiary alicyclic amines) is 1. The maximum absolute atomic E-state index is 8.87. The summed E-state index contributed by atoms with van der Waals surface area (Å²) in [5.41, 5.74) is 4.13. The first kappa shape index (κ1) is 23.5. The van der Waals surface area contributed by atoms with Gasteiger partial charge in [0.25, 0.3) is 0 Å². The van der Waals surface area contributed by atoms with E-state index in [4.69, 9.17) is 5.11 Å². The van der Waals surface area contributed by atoms with E-state index in [2.05, 4.69) is 97.7 Å². The van der Waals surface area contributed by atoms with E-state index in [9.17, 15) is 0 Å². The van der Waals surface area contributed by atoms with Crippen LogP contribution in [0.4, 0.5) is 0 Å². The normalized spacial score (nSPS) is 14.5. The summed E-state index contributed by atoms with van der Waals surface area (Å²) < 4.78 is 0. The fourth-order valence-electron chi connectivity index (χ4n) is 4.21. The van der Waals surface area contributed by atoms with E-state index in [1.165, 1.54) is 53.4 Å². The van der Waals surface area contributed by atoms with Crippen LogP contribution < -0.4 is 5.32 Å². The molecule has 1 fully saturated rings. The summed E-state index contributed by atoms with van der Waals surface area (Å²) in [7, 11) is 0. The Morgan fingerprint density at radius 1 is 0.871 bits per heavy atom. The van der Waals surface area contributed by atoms with Gasteiger partial charge in [-0.1, -0.05) is 72.3 Å². The third kappa shape index (κ3) is 7.77. The van der Waals surface area contributed by atoms with Crippen molar-refractivity contribution in [2.45, 2.75) is 52.1 Å². The van der Waals surface area contributed by atoms with Gasteiger partial charge in [0, 0.05) is 18.6 Å². The van der Waals surface area contributed by atoms with Crippen molar-refractivity contribution in [3.8, 4) is 0 Å². The molecule has 0 bridgehead atoms. The highest BCUT2D eigenvalue weighted by atomic mass is 16.3. The van der Waals surface area contributed by atoms with Crippen molar-refractivity contribution in [2.24, 2.45) is 0 Å². The molecule has 31 heavy (non-hydrogen) atoms. The molecular weight excluding hydrogens is 380 g/mol. The molecular formula is C28H38N2O. The first-order chi connectivity index (χ1) is 14.9. The van der Waals surface area contributed by atoms with E-state index < -0.39 is 0 Å². The summed E-state index contributed by atoms with van der Waals surface area (Å²) in [5.74, 6) is 0. The number of nitrogens with zero attached hydrogens (tertiary/aromatic N) is 1. The molecule has 3 nitrogen and oxygen atoms in total. The van der Waals surface area contributed by atoms with Gasteiger partial charge >= 0.3 is 0 Å². The summed E-state index contributed by atoms with van der Waals surface area (Å²) in [6.07, 6.45) is 3.72. The maximum Gasteiger partial charge on any atom is 0.0556 e. The predicted molar refractivity (Wildman–Crippen MR) is 133 cm³/mol. The lowest BCUT2D eigenvalue weighted by molar-refractivity contribution is 0.265. The van der Waals surface area contributed by atoms with Crippen LogP contribution in [0.2, 0.25) is 0 Å². The van der Waals surface area contributed by atoms with Crippen LogP contribution in [-0.4, -0.2) is 41.8 Å². The van der Waals surface area contributed by atoms with Crippen LogP contribution >= 0.6 is 0 Å². The number of aryl methyl sites for hydroxylation is 1. The molecule has 0 unspecified atom stereocenters. The van der Waals surface area contributed by atoms with E-state index in [1.54, 1.807) is 0 Å². The van der Waals surface area contributed by atoms with Gasteiger partial charge in [-0.3, -0.25) is 4.90 Å². The summed E-state index contributed by atoms with van der Waals surface area (Å²) >= 11 is 0. The third-order valence-electron chi connectivity index (χ3n) is 5.90. The van der Waals surface area contributed by atoms with E-state index in [0.717, 1.165) is 13.0 Å². The zero-order chi connectivity index (χ0) is 22.1. The minimum absolute atomic E-state index is 0.00515. The number of rotatable bonds is 7. The standard InChI is InChI=1S/C16H21NO.C12H17N/c1-16(2,17-9-10-18)12-13-7-8-14-5-3-4-6-15(14)11-13;1-11-4-6-12(7-5-11)10-13-8-2-3-9-13/h3-8,11,17-18H,9-10,12H2,1-2H3;4-7H,2-3,8-10H2,1H3. The largest absolute Gasteiger partial charge is 0.395 e. The minimum Gasteiger partial charge on any atom is -0.395 e. The molecule has 0 radical (unpaired) electrons. The van der Waals surface area contributed by atoms with Gasteiger partial charge in [-0.2, -0.15) is 0 Å². The van der Waals surface area contributed by atoms with E-state index >= 15 is 0 Å². The van der Waals surface area contributed by atoms with Gasteiger partial charge in [0.2, 0.25) is 0 Å². The monoisotopic (exact) mass is 418 g/mol. The number of fused-ring (bicyclic) bond motifs is 1. The molecule has 1 aliphatic heterocycles. The summed E-state index contributed by atoms with van der Waals surface area (Å²) in [6, 6.07) is 23.9. The van der Waals surface area contributed by atoms with Crippen LogP contribution in [0.3, 0.4) is 0 Å². The fraction of sp³-hybridized carbons (Fsp3) is 0.429. The lowest BCUT2D eigenvalue weighted by Gasteiger charge is -2.26. The van der Waals surface area contributed by atoms with Gasteiger partial charge in [0.1, 0.15) is 0 Å². The van der Waals surface area contributed by atoms with Crippen molar-refractivity contribution >= 4 is 10.8 Å². The number of aliphatic hydroxyl groups is 1. The second kappa shape index (κ2) is 11.4. The number of aliphatic hydroxyl groups excluding tert-OH is 1. The number of hydrogen-bond acceptors (Lipinski definition) is 3. The van der Waals surface area contributed by atoms with Crippen LogP contribution in [0.25, 0.3) is 10.8 Å². The molecule has 1 saturated heterocycles. The first-order valence-corrected chi connectivity index (χ1v) is 11.6. The summed E-state index contributed by atoms with van der Waals surface area (Å²) in [5, 5.41) is 14.8. The topological polar surface area (TPSA) is 35.5 Å². The maximum atomic E-state index is 8.87. The summed E-state index contributed by atoms with van der Waals surface area (Å²) in [4.78, 5) is 2.53. The Kier molecular flexibility index (Phi) is 8.65. The molecule has 1 aliphatic rings. The van der Waals surface area contributed by atoms with Gasteiger partial charge < -0.3 is 10.4 Å². The molecule has 0 spiro atoms. The number of benzene rings is 3. The number of nitrogens with one attached hydrogen (secondary N) is 1. The van der Waals surface area contributed by atoms with Crippen molar-refractivity contribution in [1.82, 2.24) is 10.2 Å². The molecule has 1 heterocycles. The van der Waals surface area contributed by atoms with Gasteiger partial charge in [-0.25, -0.2) is 0 Å². The van der Waals surface area contributed by atoms with Crippen molar-refractivity contribution in [3.63, 3.8) is 0 Å².